The molecule has 6 heteroatoms. The topological polar surface area (TPSA) is 76.9 Å². The van der Waals surface area contributed by atoms with Crippen molar-refractivity contribution >= 4 is 23.2 Å². The number of nitrogens with zero attached hydrogens (tertiary/aromatic N) is 1. The molecule has 0 saturated carbocycles. The summed E-state index contributed by atoms with van der Waals surface area (Å²) in [5.74, 6) is 0.0451. The van der Waals surface area contributed by atoms with Crippen molar-refractivity contribution in [2.75, 3.05) is 0 Å². The first-order valence-corrected chi connectivity index (χ1v) is 9.65. The van der Waals surface area contributed by atoms with Gasteiger partial charge in [0.1, 0.15) is 17.4 Å². The molecular weight excluding hydrogens is 395 g/mol. The summed E-state index contributed by atoms with van der Waals surface area (Å²) in [6.07, 6.45) is 2.95. The summed E-state index contributed by atoms with van der Waals surface area (Å²) in [7, 11) is 0. The highest BCUT2D eigenvalue weighted by molar-refractivity contribution is 6.35. The molecule has 0 spiro atoms. The fourth-order valence-corrected chi connectivity index (χ4v) is 3.46. The number of phenols is 1. The first-order chi connectivity index (χ1) is 13.4. The number of nitrogens with one attached hydrogen (secondary N) is 1. The largest absolute Gasteiger partial charge is 0.507 e. The number of benzene rings is 2. The monoisotopic (exact) mass is 412 g/mol. The number of aryl methyl sites for hydroxylation is 1. The molecule has 1 aromatic heterocycles. The van der Waals surface area contributed by atoms with E-state index in [1.165, 1.54) is 0 Å². The molecule has 0 atom stereocenters. The maximum absolute atomic E-state index is 12.6. The molecule has 3 rings (SSSR count). The number of halogens is 2. The number of nitriles is 1. The van der Waals surface area contributed by atoms with E-state index in [1.54, 1.807) is 30.3 Å². The Balaban J connectivity index is 2.23. The normalized spacial score (nSPS) is 10.6. The maximum Gasteiger partial charge on any atom is 0.266 e. The molecule has 3 aromatic rings. The number of unbranched alkanes of at least 4 members (excludes halogenated alkanes) is 1. The van der Waals surface area contributed by atoms with Gasteiger partial charge in [0.05, 0.1) is 5.69 Å². The summed E-state index contributed by atoms with van der Waals surface area (Å²) in [6.45, 7) is 2.11. The smallest absolute Gasteiger partial charge is 0.266 e. The maximum atomic E-state index is 12.6. The summed E-state index contributed by atoms with van der Waals surface area (Å²) in [4.78, 5) is 15.3. The van der Waals surface area contributed by atoms with Gasteiger partial charge in [0.15, 0.2) is 0 Å². The lowest BCUT2D eigenvalue weighted by atomic mass is 9.97. The molecule has 0 amide bonds. The predicted molar refractivity (Wildman–Crippen MR) is 113 cm³/mol. The molecule has 4 nitrogen and oxygen atoms in total. The Kier molecular flexibility index (Phi) is 6.08. The second-order valence-electron chi connectivity index (χ2n) is 6.49. The van der Waals surface area contributed by atoms with Crippen molar-refractivity contribution in [3.05, 3.63) is 74.0 Å². The summed E-state index contributed by atoms with van der Waals surface area (Å²) in [5, 5.41) is 20.7. The van der Waals surface area contributed by atoms with Gasteiger partial charge in [0.2, 0.25) is 0 Å². The Morgan fingerprint density at radius 3 is 2.57 bits per heavy atom. The van der Waals surface area contributed by atoms with Crippen LogP contribution in [0, 0.1) is 11.3 Å². The second kappa shape index (κ2) is 8.52. The Hall–Kier alpha value is -2.74. The van der Waals surface area contributed by atoms with Gasteiger partial charge >= 0.3 is 0 Å². The van der Waals surface area contributed by atoms with Crippen LogP contribution in [0.25, 0.3) is 22.4 Å². The Bertz CT molecular complexity index is 1130. The SMILES string of the molecule is CCCCc1ccc(O)c(-c2cc(-c3cc(Cl)ccc3Cl)c(C#N)c(=O)[nH]2)c1. The van der Waals surface area contributed by atoms with Crippen LogP contribution in [0.5, 0.6) is 5.75 Å². The zero-order chi connectivity index (χ0) is 20.3. The minimum Gasteiger partial charge on any atom is -0.507 e. The van der Waals surface area contributed by atoms with Crippen LogP contribution in [-0.4, -0.2) is 10.1 Å². The Morgan fingerprint density at radius 1 is 1.07 bits per heavy atom. The number of hydrogen-bond donors (Lipinski definition) is 2. The van der Waals surface area contributed by atoms with Gasteiger partial charge in [-0.3, -0.25) is 4.79 Å². The molecule has 2 aromatic carbocycles. The average molecular weight is 413 g/mol. The van der Waals surface area contributed by atoms with E-state index in [4.69, 9.17) is 23.2 Å². The van der Waals surface area contributed by atoms with Crippen LogP contribution >= 0.6 is 23.2 Å². The van der Waals surface area contributed by atoms with Crippen LogP contribution in [0.4, 0.5) is 0 Å². The summed E-state index contributed by atoms with van der Waals surface area (Å²) < 4.78 is 0. The van der Waals surface area contributed by atoms with Crippen molar-refractivity contribution < 1.29 is 5.11 Å². The van der Waals surface area contributed by atoms with E-state index in [1.807, 2.05) is 18.2 Å². The number of hydrogen-bond acceptors (Lipinski definition) is 3. The summed E-state index contributed by atoms with van der Waals surface area (Å²) in [5.41, 5.74) is 2.20. The number of H-pyrrole nitrogens is 1. The number of aromatic nitrogens is 1. The Morgan fingerprint density at radius 2 is 1.86 bits per heavy atom. The van der Waals surface area contributed by atoms with E-state index < -0.39 is 5.56 Å². The van der Waals surface area contributed by atoms with E-state index in [-0.39, 0.29) is 11.3 Å². The molecule has 0 aliphatic carbocycles. The predicted octanol–water partition coefficient (Wildman–Crippen LogP) is 5.94. The number of phenolic OH excluding ortho intramolecular Hbond substituents is 1. The molecule has 142 valence electrons. The minimum atomic E-state index is -0.551. The number of aromatic amines is 1. The van der Waals surface area contributed by atoms with Crippen molar-refractivity contribution in [1.82, 2.24) is 4.98 Å². The van der Waals surface area contributed by atoms with Crippen molar-refractivity contribution in [2.45, 2.75) is 26.2 Å². The van der Waals surface area contributed by atoms with Gasteiger partial charge in [-0.25, -0.2) is 0 Å². The van der Waals surface area contributed by atoms with Crippen molar-refractivity contribution in [3.8, 4) is 34.2 Å². The molecule has 28 heavy (non-hydrogen) atoms. The molecule has 1 heterocycles. The highest BCUT2D eigenvalue weighted by atomic mass is 35.5. The quantitative estimate of drug-likeness (QED) is 0.544. The number of aromatic hydroxyl groups is 1. The highest BCUT2D eigenvalue weighted by Crippen LogP contribution is 2.35. The van der Waals surface area contributed by atoms with Gasteiger partial charge in [-0.15, -0.1) is 0 Å². The third kappa shape index (κ3) is 4.06. The standard InChI is InChI=1S/C22H18Cl2N2O2/c1-2-3-4-13-5-8-21(27)17(9-13)20-11-15(18(12-25)22(28)26-20)16-10-14(23)6-7-19(16)24/h5-11,27H,2-4H2,1H3,(H,26,28). The zero-order valence-corrected chi connectivity index (χ0v) is 16.7. The fourth-order valence-electron chi connectivity index (χ4n) is 3.07. The summed E-state index contributed by atoms with van der Waals surface area (Å²) >= 11 is 12.4. The van der Waals surface area contributed by atoms with Gasteiger partial charge in [-0.05, 0) is 54.8 Å². The lowest BCUT2D eigenvalue weighted by molar-refractivity contribution is 0.477. The second-order valence-corrected chi connectivity index (χ2v) is 7.34. The van der Waals surface area contributed by atoms with Crippen LogP contribution in [-0.2, 0) is 6.42 Å². The molecule has 2 N–H and O–H groups in total. The van der Waals surface area contributed by atoms with E-state index in [9.17, 15) is 15.2 Å². The molecule has 0 aliphatic heterocycles. The van der Waals surface area contributed by atoms with Gasteiger partial charge in [0, 0.05) is 26.7 Å². The van der Waals surface area contributed by atoms with E-state index in [0.717, 1.165) is 24.8 Å². The third-order valence-electron chi connectivity index (χ3n) is 4.53. The molecule has 0 unspecified atom stereocenters. The van der Waals surface area contributed by atoms with E-state index in [0.29, 0.717) is 32.4 Å². The molecule has 0 saturated heterocycles. The lowest BCUT2D eigenvalue weighted by Crippen LogP contribution is -2.13. The van der Waals surface area contributed by atoms with Gasteiger partial charge in [-0.2, -0.15) is 5.26 Å². The van der Waals surface area contributed by atoms with Crippen molar-refractivity contribution in [2.24, 2.45) is 0 Å². The summed E-state index contributed by atoms with van der Waals surface area (Å²) in [6, 6.07) is 13.8. The lowest BCUT2D eigenvalue weighted by Gasteiger charge is -2.12. The number of pyridine rings is 1. The molecular formula is C22H18Cl2N2O2. The first kappa shape index (κ1) is 20.0. The van der Waals surface area contributed by atoms with Crippen molar-refractivity contribution in [3.63, 3.8) is 0 Å². The van der Waals surface area contributed by atoms with Crippen LogP contribution in [0.2, 0.25) is 10.0 Å². The van der Waals surface area contributed by atoms with Gasteiger partial charge in [-0.1, -0.05) is 42.6 Å². The Labute approximate surface area is 173 Å². The zero-order valence-electron chi connectivity index (χ0n) is 15.2. The number of rotatable bonds is 5. The first-order valence-electron chi connectivity index (χ1n) is 8.89. The van der Waals surface area contributed by atoms with Crippen LogP contribution in [0.1, 0.15) is 30.9 Å². The third-order valence-corrected chi connectivity index (χ3v) is 5.10. The molecule has 0 aliphatic rings. The van der Waals surface area contributed by atoms with Crippen LogP contribution in [0.15, 0.2) is 47.3 Å². The highest BCUT2D eigenvalue weighted by Gasteiger charge is 2.17. The van der Waals surface area contributed by atoms with Crippen LogP contribution in [0.3, 0.4) is 0 Å². The van der Waals surface area contributed by atoms with Gasteiger partial charge < -0.3 is 10.1 Å². The molecule has 0 fully saturated rings. The van der Waals surface area contributed by atoms with Crippen LogP contribution < -0.4 is 5.56 Å². The average Bonchev–Trinajstić information content (AvgIpc) is 2.68. The minimum absolute atomic E-state index is 0.0451. The fraction of sp³-hybridized carbons (Fsp3) is 0.182. The van der Waals surface area contributed by atoms with E-state index in [2.05, 4.69) is 11.9 Å². The molecule has 0 bridgehead atoms. The van der Waals surface area contributed by atoms with Crippen molar-refractivity contribution in [1.29, 1.82) is 5.26 Å². The molecule has 0 radical (unpaired) electrons. The van der Waals surface area contributed by atoms with E-state index >= 15 is 0 Å². The van der Waals surface area contributed by atoms with Gasteiger partial charge in [0.25, 0.3) is 5.56 Å².